The molecule has 0 atom stereocenters. The molecule has 0 amide bonds. The van der Waals surface area contributed by atoms with E-state index in [1.54, 1.807) is 24.3 Å². The summed E-state index contributed by atoms with van der Waals surface area (Å²) in [5, 5.41) is 20.8. The van der Waals surface area contributed by atoms with Crippen molar-refractivity contribution in [2.45, 2.75) is 25.7 Å². The first-order valence-electron chi connectivity index (χ1n) is 12.5. The highest BCUT2D eigenvalue weighted by Crippen LogP contribution is 2.39. The monoisotopic (exact) mass is 475 g/mol. The molecule has 5 aromatic rings. The van der Waals surface area contributed by atoms with Crippen LogP contribution >= 0.6 is 0 Å². The van der Waals surface area contributed by atoms with Gasteiger partial charge in [-0.1, -0.05) is 24.3 Å². The van der Waals surface area contributed by atoms with Crippen LogP contribution in [-0.2, 0) is 0 Å². The number of aromatic nitrogens is 4. The van der Waals surface area contributed by atoms with E-state index >= 15 is 0 Å². The number of hydrogen-bond donors (Lipinski definition) is 3. The molecule has 1 aliphatic carbocycles. The van der Waals surface area contributed by atoms with Crippen LogP contribution in [0.4, 0.5) is 5.69 Å². The van der Waals surface area contributed by atoms with Crippen LogP contribution in [0.5, 0.6) is 5.75 Å². The lowest BCUT2D eigenvalue weighted by Crippen LogP contribution is -2.29. The van der Waals surface area contributed by atoms with Crippen LogP contribution in [0.2, 0.25) is 0 Å². The number of phenols is 1. The average Bonchev–Trinajstić information content (AvgIpc) is 3.59. The predicted molar refractivity (Wildman–Crippen MR) is 144 cm³/mol. The summed E-state index contributed by atoms with van der Waals surface area (Å²) in [4.78, 5) is 24.1. The molecule has 2 aromatic carbocycles. The van der Waals surface area contributed by atoms with Gasteiger partial charge in [0.15, 0.2) is 5.65 Å². The summed E-state index contributed by atoms with van der Waals surface area (Å²) < 4.78 is 0. The van der Waals surface area contributed by atoms with Crippen molar-refractivity contribution in [3.05, 3.63) is 76.7 Å². The number of allylic oxidation sites excluding steroid dienone is 4. The SMILES string of the molecule is O=c1[nH]c2cc(N3CCCCC3)ccc2c2c1c(-c1ccc(O)cc1)nc1n[nH]c(C3=CC=CC3)c12. The van der Waals surface area contributed by atoms with Crippen molar-refractivity contribution >= 4 is 44.0 Å². The van der Waals surface area contributed by atoms with Gasteiger partial charge in [-0.15, -0.1) is 0 Å². The third-order valence-electron chi connectivity index (χ3n) is 7.40. The molecule has 178 valence electrons. The smallest absolute Gasteiger partial charge is 0.258 e. The number of fused-ring (bicyclic) bond motifs is 5. The van der Waals surface area contributed by atoms with Crippen LogP contribution in [0.25, 0.3) is 49.5 Å². The molecule has 3 aromatic heterocycles. The molecule has 0 radical (unpaired) electrons. The molecule has 0 bridgehead atoms. The summed E-state index contributed by atoms with van der Waals surface area (Å²) in [5.41, 5.74) is 5.66. The van der Waals surface area contributed by atoms with Gasteiger partial charge >= 0.3 is 0 Å². The van der Waals surface area contributed by atoms with Crippen LogP contribution < -0.4 is 10.5 Å². The Bertz CT molecular complexity index is 1770. The minimum Gasteiger partial charge on any atom is -0.508 e. The van der Waals surface area contributed by atoms with Gasteiger partial charge in [-0.2, -0.15) is 5.10 Å². The first kappa shape index (κ1) is 20.9. The van der Waals surface area contributed by atoms with Crippen LogP contribution in [0, 0.1) is 0 Å². The minimum absolute atomic E-state index is 0.163. The number of aromatic hydroxyl groups is 1. The molecule has 0 unspecified atom stereocenters. The fourth-order valence-corrected chi connectivity index (χ4v) is 5.63. The molecule has 36 heavy (non-hydrogen) atoms. The zero-order valence-electron chi connectivity index (χ0n) is 19.7. The predicted octanol–water partition coefficient (Wildman–Crippen LogP) is 5.66. The number of rotatable bonds is 3. The van der Waals surface area contributed by atoms with Crippen LogP contribution in [0.3, 0.4) is 0 Å². The zero-order chi connectivity index (χ0) is 24.2. The van der Waals surface area contributed by atoms with Gasteiger partial charge in [0, 0.05) is 35.1 Å². The van der Waals surface area contributed by atoms with Crippen molar-refractivity contribution in [3.63, 3.8) is 0 Å². The van der Waals surface area contributed by atoms with E-state index in [-0.39, 0.29) is 11.3 Å². The van der Waals surface area contributed by atoms with Gasteiger partial charge in [0.1, 0.15) is 5.75 Å². The Labute approximate surface area is 206 Å². The van der Waals surface area contributed by atoms with Gasteiger partial charge in [0.05, 0.1) is 27.7 Å². The molecule has 1 saturated heterocycles. The first-order chi connectivity index (χ1) is 17.7. The maximum atomic E-state index is 13.7. The zero-order valence-corrected chi connectivity index (χ0v) is 19.7. The number of H-pyrrole nitrogens is 2. The number of anilines is 1. The van der Waals surface area contributed by atoms with E-state index < -0.39 is 0 Å². The van der Waals surface area contributed by atoms with Crippen molar-refractivity contribution in [1.29, 1.82) is 0 Å². The molecule has 4 heterocycles. The van der Waals surface area contributed by atoms with Crippen LogP contribution in [0.1, 0.15) is 31.4 Å². The highest BCUT2D eigenvalue weighted by atomic mass is 16.3. The van der Waals surface area contributed by atoms with E-state index in [9.17, 15) is 9.90 Å². The largest absolute Gasteiger partial charge is 0.508 e. The van der Waals surface area contributed by atoms with E-state index in [1.807, 2.05) is 6.08 Å². The minimum atomic E-state index is -0.184. The second-order valence-corrected chi connectivity index (χ2v) is 9.61. The third kappa shape index (κ3) is 3.23. The molecule has 3 N–H and O–H groups in total. The standard InChI is InChI=1S/C29H25N5O2/c35-20-11-8-18(9-12-20)26-25-23(24-27(17-6-2-3-7-17)32-33-28(24)31-26)21-13-10-19(16-22(21)30-29(25)36)34-14-4-1-5-15-34/h2-3,6,8-13,16,35H,1,4-5,7,14-15H2,(H,30,36)(H,31,32,33). The second kappa shape index (κ2) is 8.09. The topological polar surface area (TPSA) is 97.9 Å². The second-order valence-electron chi connectivity index (χ2n) is 9.61. The Balaban J connectivity index is 1.58. The van der Waals surface area contributed by atoms with E-state index in [2.05, 4.69) is 50.4 Å². The summed E-state index contributed by atoms with van der Waals surface area (Å²) in [5.74, 6) is 0.163. The summed E-state index contributed by atoms with van der Waals surface area (Å²) in [6.45, 7) is 2.07. The Morgan fingerprint density at radius 1 is 0.944 bits per heavy atom. The summed E-state index contributed by atoms with van der Waals surface area (Å²) in [7, 11) is 0. The van der Waals surface area contributed by atoms with Crippen molar-refractivity contribution in [1.82, 2.24) is 20.2 Å². The van der Waals surface area contributed by atoms with Gasteiger partial charge in [-0.25, -0.2) is 4.98 Å². The number of benzene rings is 2. The van der Waals surface area contributed by atoms with Crippen molar-refractivity contribution < 1.29 is 5.11 Å². The first-order valence-corrected chi connectivity index (χ1v) is 12.5. The van der Waals surface area contributed by atoms with Gasteiger partial charge in [-0.3, -0.25) is 9.89 Å². The number of hydrogen-bond acceptors (Lipinski definition) is 5. The Hall–Kier alpha value is -4.39. The molecule has 7 heteroatoms. The summed E-state index contributed by atoms with van der Waals surface area (Å²) in [6, 6.07) is 13.2. The summed E-state index contributed by atoms with van der Waals surface area (Å²) in [6.07, 6.45) is 10.7. The Morgan fingerprint density at radius 3 is 2.56 bits per heavy atom. The molecule has 1 aliphatic heterocycles. The number of nitrogens with zero attached hydrogens (tertiary/aromatic N) is 3. The van der Waals surface area contributed by atoms with E-state index in [4.69, 9.17) is 4.98 Å². The Morgan fingerprint density at radius 2 is 1.78 bits per heavy atom. The van der Waals surface area contributed by atoms with Gasteiger partial charge in [0.2, 0.25) is 0 Å². The number of nitrogens with one attached hydrogen (secondary N) is 2. The quantitative estimate of drug-likeness (QED) is 0.293. The number of phenolic OH excluding ortho intramolecular Hbond substituents is 1. The van der Waals surface area contributed by atoms with Crippen molar-refractivity contribution in [2.75, 3.05) is 18.0 Å². The van der Waals surface area contributed by atoms with Crippen LogP contribution in [0.15, 0.2) is 65.5 Å². The molecule has 7 nitrogen and oxygen atoms in total. The molecular formula is C29H25N5O2. The van der Waals surface area contributed by atoms with E-state index in [1.165, 1.54) is 19.3 Å². The molecule has 7 rings (SSSR count). The number of piperidine rings is 1. The highest BCUT2D eigenvalue weighted by molar-refractivity contribution is 6.23. The fraction of sp³-hybridized carbons (Fsp3) is 0.207. The molecule has 0 saturated carbocycles. The third-order valence-corrected chi connectivity index (χ3v) is 7.40. The van der Waals surface area contributed by atoms with Crippen LogP contribution in [-0.4, -0.2) is 38.4 Å². The molecular weight excluding hydrogens is 450 g/mol. The average molecular weight is 476 g/mol. The van der Waals surface area contributed by atoms with Gasteiger partial charge < -0.3 is 15.0 Å². The van der Waals surface area contributed by atoms with Crippen molar-refractivity contribution in [3.8, 4) is 17.0 Å². The molecule has 2 aliphatic rings. The normalized spacial score (nSPS) is 15.9. The maximum absolute atomic E-state index is 13.7. The van der Waals surface area contributed by atoms with E-state index in [0.717, 1.165) is 63.7 Å². The lowest BCUT2D eigenvalue weighted by Gasteiger charge is -2.29. The fourth-order valence-electron chi connectivity index (χ4n) is 5.63. The summed E-state index contributed by atoms with van der Waals surface area (Å²) >= 11 is 0. The highest BCUT2D eigenvalue weighted by Gasteiger charge is 2.23. The Kier molecular flexibility index (Phi) is 4.70. The molecule has 1 fully saturated rings. The van der Waals surface area contributed by atoms with Gasteiger partial charge in [0.25, 0.3) is 5.56 Å². The molecule has 0 spiro atoms. The maximum Gasteiger partial charge on any atom is 0.258 e. The lowest BCUT2D eigenvalue weighted by atomic mass is 9.96. The number of pyridine rings is 2. The van der Waals surface area contributed by atoms with Crippen molar-refractivity contribution in [2.24, 2.45) is 0 Å². The van der Waals surface area contributed by atoms with E-state index in [0.29, 0.717) is 16.7 Å². The van der Waals surface area contributed by atoms with Gasteiger partial charge in [-0.05, 0) is 67.7 Å². The lowest BCUT2D eigenvalue weighted by molar-refractivity contribution is 0.475. The number of aromatic amines is 2.